The summed E-state index contributed by atoms with van der Waals surface area (Å²) in [6.45, 7) is 0.252. The summed E-state index contributed by atoms with van der Waals surface area (Å²) in [6.07, 6.45) is 0. The molecule has 0 unspecified atom stereocenters. The van der Waals surface area contributed by atoms with Crippen molar-refractivity contribution in [3.63, 3.8) is 0 Å². The van der Waals surface area contributed by atoms with E-state index in [1.54, 1.807) is 36.4 Å². The minimum absolute atomic E-state index is 0.0239. The second kappa shape index (κ2) is 6.68. The van der Waals surface area contributed by atoms with Crippen LogP contribution in [0.3, 0.4) is 0 Å². The van der Waals surface area contributed by atoms with Crippen LogP contribution in [0.25, 0.3) is 0 Å². The Bertz CT molecular complexity index is 667. The lowest BCUT2D eigenvalue weighted by Gasteiger charge is -2.09. The van der Waals surface area contributed by atoms with Crippen LogP contribution in [0.4, 0.5) is 5.69 Å². The number of nitrogens with two attached hydrogens (primary N) is 1. The summed E-state index contributed by atoms with van der Waals surface area (Å²) in [5.74, 6) is -0.542. The molecule has 3 N–H and O–H groups in total. The van der Waals surface area contributed by atoms with E-state index in [9.17, 15) is 14.9 Å². The third kappa shape index (κ3) is 3.80. The number of benzene rings is 2. The lowest BCUT2D eigenvalue weighted by molar-refractivity contribution is -0.384. The molecular formula is C15H14N2O5. The first-order valence-corrected chi connectivity index (χ1v) is 6.42. The van der Waals surface area contributed by atoms with E-state index in [0.29, 0.717) is 11.3 Å². The van der Waals surface area contributed by atoms with Gasteiger partial charge in [0.1, 0.15) is 18.4 Å². The van der Waals surface area contributed by atoms with Crippen LogP contribution in [-0.4, -0.2) is 16.0 Å². The lowest BCUT2D eigenvalue weighted by Crippen LogP contribution is -2.20. The molecule has 22 heavy (non-hydrogen) atoms. The van der Waals surface area contributed by atoms with Crippen molar-refractivity contribution in [3.8, 4) is 5.75 Å². The Labute approximate surface area is 126 Å². The lowest BCUT2D eigenvalue weighted by atomic mass is 10.1. The van der Waals surface area contributed by atoms with Crippen molar-refractivity contribution < 1.29 is 19.6 Å². The summed E-state index contributed by atoms with van der Waals surface area (Å²) in [6, 6.07) is 11.4. The topological polar surface area (TPSA) is 116 Å². The van der Waals surface area contributed by atoms with Gasteiger partial charge in [0.2, 0.25) is 0 Å². The zero-order chi connectivity index (χ0) is 16.1. The van der Waals surface area contributed by atoms with Gasteiger partial charge < -0.3 is 15.6 Å². The Morgan fingerprint density at radius 3 is 2.27 bits per heavy atom. The van der Waals surface area contributed by atoms with Crippen molar-refractivity contribution in [3.05, 3.63) is 69.8 Å². The fourth-order valence-electron chi connectivity index (χ4n) is 1.79. The Hall–Kier alpha value is -2.93. The second-order valence-corrected chi connectivity index (χ2v) is 4.60. The number of non-ortho nitro benzene ring substituents is 1. The molecule has 0 spiro atoms. The molecule has 0 aliphatic rings. The highest BCUT2D eigenvalue weighted by molar-refractivity contribution is 5.75. The van der Waals surface area contributed by atoms with Crippen LogP contribution in [0, 0.1) is 10.1 Å². The third-order valence-corrected chi connectivity index (χ3v) is 3.06. The fraction of sp³-hybridized carbons (Fsp3) is 0.133. The fourth-order valence-corrected chi connectivity index (χ4v) is 1.79. The molecule has 0 amide bonds. The molecule has 0 radical (unpaired) electrons. The molecule has 0 fully saturated rings. The maximum atomic E-state index is 10.8. The second-order valence-electron chi connectivity index (χ2n) is 4.60. The molecular weight excluding hydrogens is 288 g/mol. The summed E-state index contributed by atoms with van der Waals surface area (Å²) in [5, 5.41) is 19.4. The van der Waals surface area contributed by atoms with Gasteiger partial charge >= 0.3 is 5.97 Å². The normalized spacial score (nSPS) is 11.7. The largest absolute Gasteiger partial charge is 0.489 e. The highest BCUT2D eigenvalue weighted by Gasteiger charge is 2.13. The molecule has 0 heterocycles. The summed E-state index contributed by atoms with van der Waals surface area (Å²) < 4.78 is 5.53. The number of carbonyl (C=O) groups is 1. The molecule has 0 saturated carbocycles. The highest BCUT2D eigenvalue weighted by Crippen LogP contribution is 2.18. The number of nitro groups is 1. The first kappa shape index (κ1) is 15.5. The van der Waals surface area contributed by atoms with Crippen molar-refractivity contribution >= 4 is 11.7 Å². The third-order valence-electron chi connectivity index (χ3n) is 3.06. The standard InChI is InChI=1S/C15H14N2O5/c16-14(15(18)19)11-3-7-13(8-4-11)22-9-10-1-5-12(6-2-10)17(20)21/h1-8,14H,9,16H2,(H,18,19)/t14-/m1/s1. The van der Waals surface area contributed by atoms with Crippen LogP contribution < -0.4 is 10.5 Å². The highest BCUT2D eigenvalue weighted by atomic mass is 16.6. The molecule has 0 aliphatic carbocycles. The van der Waals surface area contributed by atoms with Gasteiger partial charge in [0.05, 0.1) is 4.92 Å². The smallest absolute Gasteiger partial charge is 0.325 e. The van der Waals surface area contributed by atoms with E-state index in [2.05, 4.69) is 0 Å². The van der Waals surface area contributed by atoms with Gasteiger partial charge in [-0.25, -0.2) is 0 Å². The number of nitrogens with zero attached hydrogens (tertiary/aromatic N) is 1. The van der Waals surface area contributed by atoms with Gasteiger partial charge in [-0.05, 0) is 35.4 Å². The molecule has 2 aromatic carbocycles. The van der Waals surface area contributed by atoms with Crippen molar-refractivity contribution in [2.45, 2.75) is 12.6 Å². The maximum Gasteiger partial charge on any atom is 0.325 e. The Morgan fingerprint density at radius 1 is 1.18 bits per heavy atom. The predicted molar refractivity (Wildman–Crippen MR) is 78.4 cm³/mol. The first-order valence-electron chi connectivity index (χ1n) is 6.42. The molecule has 114 valence electrons. The van der Waals surface area contributed by atoms with E-state index in [-0.39, 0.29) is 12.3 Å². The van der Waals surface area contributed by atoms with Crippen LogP contribution in [0.2, 0.25) is 0 Å². The zero-order valence-electron chi connectivity index (χ0n) is 11.5. The van der Waals surface area contributed by atoms with Crippen LogP contribution in [-0.2, 0) is 11.4 Å². The predicted octanol–water partition coefficient (Wildman–Crippen LogP) is 2.26. The molecule has 0 aromatic heterocycles. The van der Waals surface area contributed by atoms with E-state index in [1.807, 2.05) is 0 Å². The maximum absolute atomic E-state index is 10.8. The van der Waals surface area contributed by atoms with Gasteiger partial charge in [0.15, 0.2) is 0 Å². The van der Waals surface area contributed by atoms with E-state index in [0.717, 1.165) is 5.56 Å². The van der Waals surface area contributed by atoms with Gasteiger partial charge in [-0.2, -0.15) is 0 Å². The number of carboxylic acids is 1. The average molecular weight is 302 g/mol. The number of rotatable bonds is 6. The monoisotopic (exact) mass is 302 g/mol. The van der Waals surface area contributed by atoms with Gasteiger partial charge in [-0.15, -0.1) is 0 Å². The number of nitro benzene ring substituents is 1. The average Bonchev–Trinajstić information content (AvgIpc) is 2.53. The number of ether oxygens (including phenoxy) is 1. The summed E-state index contributed by atoms with van der Waals surface area (Å²) in [7, 11) is 0. The van der Waals surface area contributed by atoms with Crippen molar-refractivity contribution in [2.24, 2.45) is 5.73 Å². The molecule has 2 aromatic rings. The van der Waals surface area contributed by atoms with Crippen LogP contribution in [0.1, 0.15) is 17.2 Å². The summed E-state index contributed by atoms with van der Waals surface area (Å²) in [4.78, 5) is 20.9. The SMILES string of the molecule is N[C@@H](C(=O)O)c1ccc(OCc2ccc([N+](=O)[O-])cc2)cc1. The zero-order valence-corrected chi connectivity index (χ0v) is 11.5. The van der Waals surface area contributed by atoms with Crippen LogP contribution >= 0.6 is 0 Å². The molecule has 1 atom stereocenters. The molecule has 0 aliphatic heterocycles. The van der Waals surface area contributed by atoms with Crippen molar-refractivity contribution in [2.75, 3.05) is 0 Å². The molecule has 7 heteroatoms. The van der Waals surface area contributed by atoms with Gasteiger partial charge in [0.25, 0.3) is 5.69 Å². The molecule has 0 saturated heterocycles. The van der Waals surface area contributed by atoms with Gasteiger partial charge in [0, 0.05) is 12.1 Å². The summed E-state index contributed by atoms with van der Waals surface area (Å²) in [5.41, 5.74) is 6.79. The Morgan fingerprint density at radius 2 is 1.77 bits per heavy atom. The number of aliphatic carboxylic acids is 1. The van der Waals surface area contributed by atoms with Crippen molar-refractivity contribution in [1.82, 2.24) is 0 Å². The number of carboxylic acid groups (broad SMARTS) is 1. The Balaban J connectivity index is 1.97. The Kier molecular flexibility index (Phi) is 4.70. The molecule has 7 nitrogen and oxygen atoms in total. The van der Waals surface area contributed by atoms with Crippen molar-refractivity contribution in [1.29, 1.82) is 0 Å². The molecule has 2 rings (SSSR count). The quantitative estimate of drug-likeness (QED) is 0.624. The van der Waals surface area contributed by atoms with Crippen LogP contribution in [0.15, 0.2) is 48.5 Å². The molecule has 0 bridgehead atoms. The number of hydrogen-bond donors (Lipinski definition) is 2. The van der Waals surface area contributed by atoms with E-state index < -0.39 is 16.9 Å². The first-order chi connectivity index (χ1) is 10.5. The number of hydrogen-bond acceptors (Lipinski definition) is 5. The summed E-state index contributed by atoms with van der Waals surface area (Å²) >= 11 is 0. The minimum atomic E-state index is -1.10. The van der Waals surface area contributed by atoms with Gasteiger partial charge in [-0.3, -0.25) is 14.9 Å². The minimum Gasteiger partial charge on any atom is -0.489 e. The van der Waals surface area contributed by atoms with E-state index in [4.69, 9.17) is 15.6 Å². The van der Waals surface area contributed by atoms with Crippen LogP contribution in [0.5, 0.6) is 5.75 Å². The van der Waals surface area contributed by atoms with E-state index >= 15 is 0 Å². The van der Waals surface area contributed by atoms with Gasteiger partial charge in [-0.1, -0.05) is 12.1 Å². The van der Waals surface area contributed by atoms with E-state index in [1.165, 1.54) is 12.1 Å².